The van der Waals surface area contributed by atoms with Crippen LogP contribution in [0.4, 0.5) is 5.13 Å². The lowest BCUT2D eigenvalue weighted by atomic mass is 10.1. The first-order valence-electron chi connectivity index (χ1n) is 7.36. The van der Waals surface area contributed by atoms with Crippen molar-refractivity contribution in [1.82, 2.24) is 4.98 Å². The Morgan fingerprint density at radius 1 is 1.24 bits per heavy atom. The number of methoxy groups -OCH3 is 1. The van der Waals surface area contributed by atoms with Gasteiger partial charge in [0.1, 0.15) is 5.75 Å². The first-order valence-corrected chi connectivity index (χ1v) is 9.35. The van der Waals surface area contributed by atoms with Gasteiger partial charge in [0.2, 0.25) is 0 Å². The lowest BCUT2D eigenvalue weighted by Gasteiger charge is -2.06. The van der Waals surface area contributed by atoms with Gasteiger partial charge in [0, 0.05) is 19.9 Å². The number of anilines is 1. The number of thiazole rings is 1. The van der Waals surface area contributed by atoms with Gasteiger partial charge in [-0.05, 0) is 53.2 Å². The predicted molar refractivity (Wildman–Crippen MR) is 106 cm³/mol. The molecule has 0 atom stereocenters. The van der Waals surface area contributed by atoms with Crippen molar-refractivity contribution in [3.63, 3.8) is 0 Å². The molecule has 7 heteroatoms. The number of aryl methyl sites for hydroxylation is 1. The number of nitrogens with one attached hydrogen (secondary N) is 1. The highest BCUT2D eigenvalue weighted by Crippen LogP contribution is 2.32. The molecule has 0 radical (unpaired) electrons. The summed E-state index contributed by atoms with van der Waals surface area (Å²) < 4.78 is 5.87. The van der Waals surface area contributed by atoms with Crippen molar-refractivity contribution in [2.45, 2.75) is 6.92 Å². The third-order valence-corrected chi connectivity index (χ3v) is 5.38. The molecule has 0 aliphatic carbocycles. The number of aromatic nitrogens is 1. The van der Waals surface area contributed by atoms with Crippen LogP contribution in [0.3, 0.4) is 0 Å². The second-order valence-electron chi connectivity index (χ2n) is 5.23. The normalized spacial score (nSPS) is 10.6. The van der Waals surface area contributed by atoms with Crippen LogP contribution in [0.2, 0.25) is 5.02 Å². The van der Waals surface area contributed by atoms with Crippen molar-refractivity contribution >= 4 is 49.9 Å². The third-order valence-electron chi connectivity index (χ3n) is 3.55. The zero-order valence-corrected chi connectivity index (χ0v) is 16.6. The van der Waals surface area contributed by atoms with Crippen LogP contribution in [0.25, 0.3) is 11.3 Å². The van der Waals surface area contributed by atoms with E-state index in [1.165, 1.54) is 11.3 Å². The Morgan fingerprint density at radius 3 is 2.64 bits per heavy atom. The molecule has 4 nitrogen and oxygen atoms in total. The minimum atomic E-state index is -0.248. The van der Waals surface area contributed by atoms with Crippen LogP contribution in [-0.2, 0) is 0 Å². The fourth-order valence-electron chi connectivity index (χ4n) is 2.30. The summed E-state index contributed by atoms with van der Waals surface area (Å²) in [6.45, 7) is 1.97. The molecule has 1 N–H and O–H groups in total. The molecule has 3 aromatic rings. The number of benzene rings is 2. The van der Waals surface area contributed by atoms with Crippen molar-refractivity contribution in [2.75, 3.05) is 12.4 Å². The van der Waals surface area contributed by atoms with Crippen LogP contribution in [0.15, 0.2) is 46.9 Å². The number of carbonyl (C=O) groups is 1. The molecule has 1 aromatic heterocycles. The second kappa shape index (κ2) is 7.56. The molecule has 0 aliphatic rings. The number of hydrogen-bond acceptors (Lipinski definition) is 4. The molecular formula is C18H14BrClN2O2S. The van der Waals surface area contributed by atoms with Gasteiger partial charge in [-0.1, -0.05) is 23.7 Å². The van der Waals surface area contributed by atoms with Gasteiger partial charge in [0.05, 0.1) is 18.4 Å². The van der Waals surface area contributed by atoms with Gasteiger partial charge in [-0.3, -0.25) is 10.1 Å². The zero-order chi connectivity index (χ0) is 18.0. The van der Waals surface area contributed by atoms with Crippen molar-refractivity contribution < 1.29 is 9.53 Å². The highest BCUT2D eigenvalue weighted by Gasteiger charge is 2.16. The lowest BCUT2D eigenvalue weighted by Crippen LogP contribution is -2.12. The van der Waals surface area contributed by atoms with Crippen molar-refractivity contribution in [2.24, 2.45) is 0 Å². The maximum atomic E-state index is 12.6. The molecule has 1 heterocycles. The third kappa shape index (κ3) is 4.03. The Hall–Kier alpha value is -1.89. The molecular weight excluding hydrogens is 424 g/mol. The van der Waals surface area contributed by atoms with E-state index in [1.54, 1.807) is 25.3 Å². The van der Waals surface area contributed by atoms with Gasteiger partial charge in [-0.15, -0.1) is 11.3 Å². The standard InChI is InChI=1S/C18H14BrClN2O2S/c1-10-16(11-3-5-12(20)6-4-11)21-18(25-10)22-17(23)14-9-13(24-2)7-8-15(14)19/h3-9H,1-2H3,(H,21,22,23). The monoisotopic (exact) mass is 436 g/mol. The fourth-order valence-corrected chi connectivity index (χ4v) is 3.68. The number of ether oxygens (including phenoxy) is 1. The van der Waals surface area contributed by atoms with Crippen molar-refractivity contribution in [1.29, 1.82) is 0 Å². The molecule has 0 unspecified atom stereocenters. The molecule has 2 aromatic carbocycles. The summed E-state index contributed by atoms with van der Waals surface area (Å²) in [5, 5.41) is 4.07. The minimum Gasteiger partial charge on any atom is -0.497 e. The molecule has 0 aliphatic heterocycles. The Bertz CT molecular complexity index is 925. The summed E-state index contributed by atoms with van der Waals surface area (Å²) in [5.74, 6) is 0.368. The molecule has 0 fully saturated rings. The molecule has 3 rings (SSSR count). The SMILES string of the molecule is COc1ccc(Br)c(C(=O)Nc2nc(-c3ccc(Cl)cc3)c(C)s2)c1. The second-order valence-corrected chi connectivity index (χ2v) is 7.72. The predicted octanol–water partition coefficient (Wildman–Crippen LogP) is 5.80. The van der Waals surface area contributed by atoms with Crippen LogP contribution in [0.5, 0.6) is 5.75 Å². The van der Waals surface area contributed by atoms with E-state index in [9.17, 15) is 4.79 Å². The largest absolute Gasteiger partial charge is 0.497 e. The van der Waals surface area contributed by atoms with Crippen LogP contribution in [-0.4, -0.2) is 18.0 Å². The molecule has 128 valence electrons. The number of amides is 1. The van der Waals surface area contributed by atoms with E-state index in [1.807, 2.05) is 31.2 Å². The average Bonchev–Trinajstić information content (AvgIpc) is 2.96. The highest BCUT2D eigenvalue weighted by atomic mass is 79.9. The maximum absolute atomic E-state index is 12.6. The number of carbonyl (C=O) groups excluding carboxylic acids is 1. The first kappa shape index (κ1) is 17.9. The number of nitrogens with zero attached hydrogens (tertiary/aromatic N) is 1. The lowest BCUT2D eigenvalue weighted by molar-refractivity contribution is 0.102. The summed E-state index contributed by atoms with van der Waals surface area (Å²) in [5.41, 5.74) is 2.28. The number of hydrogen-bond donors (Lipinski definition) is 1. The van der Waals surface area contributed by atoms with E-state index in [4.69, 9.17) is 16.3 Å². The Morgan fingerprint density at radius 2 is 1.96 bits per heavy atom. The summed E-state index contributed by atoms with van der Waals surface area (Å²) in [6.07, 6.45) is 0. The number of halogens is 2. The Kier molecular flexibility index (Phi) is 5.42. The average molecular weight is 438 g/mol. The van der Waals surface area contributed by atoms with E-state index in [-0.39, 0.29) is 5.91 Å². The van der Waals surface area contributed by atoms with Crippen molar-refractivity contribution in [3.05, 3.63) is 62.4 Å². The molecule has 0 saturated heterocycles. The topological polar surface area (TPSA) is 51.2 Å². The smallest absolute Gasteiger partial charge is 0.258 e. The van der Waals surface area contributed by atoms with E-state index in [2.05, 4.69) is 26.2 Å². The zero-order valence-electron chi connectivity index (χ0n) is 13.5. The highest BCUT2D eigenvalue weighted by molar-refractivity contribution is 9.10. The molecule has 0 spiro atoms. The van der Waals surface area contributed by atoms with Crippen molar-refractivity contribution in [3.8, 4) is 17.0 Å². The van der Waals surface area contributed by atoms with Gasteiger partial charge in [-0.25, -0.2) is 4.98 Å². The maximum Gasteiger partial charge on any atom is 0.258 e. The van der Waals surface area contributed by atoms with Gasteiger partial charge in [0.15, 0.2) is 5.13 Å². The first-order chi connectivity index (χ1) is 12.0. The summed E-state index contributed by atoms with van der Waals surface area (Å²) in [6, 6.07) is 12.7. The van der Waals surface area contributed by atoms with Gasteiger partial charge < -0.3 is 4.74 Å². The number of rotatable bonds is 4. The fraction of sp³-hybridized carbons (Fsp3) is 0.111. The van der Waals surface area contributed by atoms with E-state index in [0.29, 0.717) is 25.9 Å². The molecule has 25 heavy (non-hydrogen) atoms. The summed E-state index contributed by atoms with van der Waals surface area (Å²) >= 11 is 10.8. The van der Waals surface area contributed by atoms with E-state index < -0.39 is 0 Å². The Balaban J connectivity index is 1.85. The molecule has 1 amide bonds. The van der Waals surface area contributed by atoms with Gasteiger partial charge in [0.25, 0.3) is 5.91 Å². The molecule has 0 saturated carbocycles. The van der Waals surface area contributed by atoms with Crippen LogP contribution < -0.4 is 10.1 Å². The molecule has 0 bridgehead atoms. The van der Waals surface area contributed by atoms with Gasteiger partial charge in [-0.2, -0.15) is 0 Å². The van der Waals surface area contributed by atoms with Crippen LogP contribution in [0.1, 0.15) is 15.2 Å². The quantitative estimate of drug-likeness (QED) is 0.561. The summed E-state index contributed by atoms with van der Waals surface area (Å²) in [4.78, 5) is 18.1. The van der Waals surface area contributed by atoms with Gasteiger partial charge >= 0.3 is 0 Å². The van der Waals surface area contributed by atoms with E-state index in [0.717, 1.165) is 16.1 Å². The Labute approximate surface area is 162 Å². The van der Waals surface area contributed by atoms with E-state index >= 15 is 0 Å². The summed E-state index contributed by atoms with van der Waals surface area (Å²) in [7, 11) is 1.56. The van der Waals surface area contributed by atoms with Crippen LogP contribution >= 0.6 is 38.9 Å². The minimum absolute atomic E-state index is 0.248. The van der Waals surface area contributed by atoms with Crippen LogP contribution in [0, 0.1) is 6.92 Å².